The van der Waals surface area contributed by atoms with Crippen LogP contribution in [0.1, 0.15) is 35.5 Å². The third kappa shape index (κ3) is 3.86. The first kappa shape index (κ1) is 20.5. The summed E-state index contributed by atoms with van der Waals surface area (Å²) < 4.78 is 3.00. The molecule has 2 heterocycles. The molecule has 158 valence electrons. The van der Waals surface area contributed by atoms with Crippen molar-refractivity contribution in [1.82, 2.24) is 24.9 Å². The zero-order chi connectivity index (χ0) is 22.1. The average molecular weight is 415 g/mol. The molecule has 0 aliphatic carbocycles. The number of hydrogen-bond donors (Lipinski definition) is 1. The van der Waals surface area contributed by atoms with E-state index < -0.39 is 6.04 Å². The van der Waals surface area contributed by atoms with Gasteiger partial charge in [0.1, 0.15) is 11.6 Å². The Balaban J connectivity index is 1.67. The normalized spacial score (nSPS) is 12.1. The standard InChI is InChI=1S/C24H25N5O2/c1-15-9-8-10-19(13-15)14-25-23(30)18(4)29-24(31)21-17(3)28(20-11-6-5-7-12-20)27-22(21)16(2)26-29/h5-13,18H,14H2,1-4H3,(H,25,30)/t18-/m1/s1. The van der Waals surface area contributed by atoms with Crippen molar-refractivity contribution in [2.45, 2.75) is 40.3 Å². The fourth-order valence-corrected chi connectivity index (χ4v) is 3.73. The molecule has 0 spiro atoms. The Bertz CT molecular complexity index is 1320. The second kappa shape index (κ2) is 8.18. The van der Waals surface area contributed by atoms with Crippen molar-refractivity contribution in [2.75, 3.05) is 0 Å². The van der Waals surface area contributed by atoms with E-state index >= 15 is 0 Å². The van der Waals surface area contributed by atoms with Crippen molar-refractivity contribution >= 4 is 16.8 Å². The number of rotatable bonds is 5. The minimum Gasteiger partial charge on any atom is -0.350 e. The summed E-state index contributed by atoms with van der Waals surface area (Å²) in [4.78, 5) is 26.1. The van der Waals surface area contributed by atoms with Gasteiger partial charge in [-0.3, -0.25) is 9.59 Å². The number of fused-ring (bicyclic) bond motifs is 1. The zero-order valence-corrected chi connectivity index (χ0v) is 18.1. The number of amides is 1. The Morgan fingerprint density at radius 3 is 2.48 bits per heavy atom. The molecule has 0 saturated carbocycles. The molecular weight excluding hydrogens is 390 g/mol. The van der Waals surface area contributed by atoms with Gasteiger partial charge in [-0.05, 0) is 45.4 Å². The topological polar surface area (TPSA) is 81.8 Å². The highest BCUT2D eigenvalue weighted by Crippen LogP contribution is 2.20. The molecule has 0 fully saturated rings. The molecule has 1 atom stereocenters. The van der Waals surface area contributed by atoms with E-state index in [1.165, 1.54) is 4.68 Å². The molecule has 0 unspecified atom stereocenters. The van der Waals surface area contributed by atoms with E-state index in [0.717, 1.165) is 22.5 Å². The summed E-state index contributed by atoms with van der Waals surface area (Å²) in [5, 5.41) is 12.4. The highest BCUT2D eigenvalue weighted by Gasteiger charge is 2.23. The second-order valence-electron chi connectivity index (χ2n) is 7.77. The van der Waals surface area contributed by atoms with Gasteiger partial charge in [-0.25, -0.2) is 9.36 Å². The van der Waals surface area contributed by atoms with Gasteiger partial charge >= 0.3 is 0 Å². The Morgan fingerprint density at radius 1 is 1.03 bits per heavy atom. The van der Waals surface area contributed by atoms with Crippen molar-refractivity contribution in [1.29, 1.82) is 0 Å². The molecule has 4 rings (SSSR count). The van der Waals surface area contributed by atoms with Crippen LogP contribution in [0.25, 0.3) is 16.6 Å². The molecule has 31 heavy (non-hydrogen) atoms. The molecular formula is C24H25N5O2. The smallest absolute Gasteiger partial charge is 0.278 e. The lowest BCUT2D eigenvalue weighted by Crippen LogP contribution is -2.37. The monoisotopic (exact) mass is 415 g/mol. The lowest BCUT2D eigenvalue weighted by molar-refractivity contribution is -0.124. The fraction of sp³-hybridized carbons (Fsp3) is 0.250. The Morgan fingerprint density at radius 2 is 1.77 bits per heavy atom. The maximum absolute atomic E-state index is 13.3. The number of para-hydroxylation sites is 1. The summed E-state index contributed by atoms with van der Waals surface area (Å²) in [6.07, 6.45) is 0. The summed E-state index contributed by atoms with van der Waals surface area (Å²) >= 11 is 0. The quantitative estimate of drug-likeness (QED) is 0.542. The molecule has 0 aliphatic heterocycles. The first-order chi connectivity index (χ1) is 14.9. The maximum atomic E-state index is 13.3. The van der Waals surface area contributed by atoms with Crippen molar-refractivity contribution < 1.29 is 4.79 Å². The van der Waals surface area contributed by atoms with Gasteiger partial charge in [0.05, 0.1) is 22.5 Å². The number of nitrogens with zero attached hydrogens (tertiary/aromatic N) is 4. The average Bonchev–Trinajstić information content (AvgIpc) is 3.13. The van der Waals surface area contributed by atoms with E-state index in [0.29, 0.717) is 23.1 Å². The number of hydrogen-bond acceptors (Lipinski definition) is 4. The number of benzene rings is 2. The molecule has 0 radical (unpaired) electrons. The number of aryl methyl sites for hydroxylation is 3. The molecule has 2 aromatic carbocycles. The van der Waals surface area contributed by atoms with Gasteiger partial charge in [0.25, 0.3) is 5.56 Å². The van der Waals surface area contributed by atoms with Gasteiger partial charge in [0, 0.05) is 6.54 Å². The van der Waals surface area contributed by atoms with E-state index in [9.17, 15) is 9.59 Å². The predicted molar refractivity (Wildman–Crippen MR) is 120 cm³/mol. The van der Waals surface area contributed by atoms with Crippen LogP contribution >= 0.6 is 0 Å². The van der Waals surface area contributed by atoms with Gasteiger partial charge in [-0.1, -0.05) is 48.0 Å². The number of aromatic nitrogens is 4. The van der Waals surface area contributed by atoms with E-state index in [-0.39, 0.29) is 11.5 Å². The van der Waals surface area contributed by atoms with Crippen LogP contribution in [0.2, 0.25) is 0 Å². The molecule has 0 bridgehead atoms. The van der Waals surface area contributed by atoms with E-state index in [2.05, 4.69) is 15.5 Å². The highest BCUT2D eigenvalue weighted by molar-refractivity contribution is 5.84. The molecule has 2 aromatic heterocycles. The van der Waals surface area contributed by atoms with Gasteiger partial charge in [0.2, 0.25) is 5.91 Å². The lowest BCUT2D eigenvalue weighted by atomic mass is 10.1. The molecule has 0 aliphatic rings. The third-order valence-electron chi connectivity index (χ3n) is 5.43. The van der Waals surface area contributed by atoms with Crippen LogP contribution in [0.4, 0.5) is 0 Å². The van der Waals surface area contributed by atoms with Gasteiger partial charge in [-0.2, -0.15) is 10.2 Å². The maximum Gasteiger partial charge on any atom is 0.278 e. The molecule has 7 nitrogen and oxygen atoms in total. The summed E-state index contributed by atoms with van der Waals surface area (Å²) in [5.74, 6) is -0.261. The third-order valence-corrected chi connectivity index (χ3v) is 5.43. The highest BCUT2D eigenvalue weighted by atomic mass is 16.2. The van der Waals surface area contributed by atoms with E-state index in [4.69, 9.17) is 0 Å². The van der Waals surface area contributed by atoms with Crippen molar-refractivity contribution in [2.24, 2.45) is 0 Å². The SMILES string of the molecule is Cc1cccc(CNC(=O)[C@@H](C)n2nc(C)c3nn(-c4ccccc4)c(C)c3c2=O)c1. The van der Waals surface area contributed by atoms with Gasteiger partial charge in [0.15, 0.2) is 0 Å². The molecule has 4 aromatic rings. The summed E-state index contributed by atoms with van der Waals surface area (Å²) in [6, 6.07) is 16.8. The second-order valence-corrected chi connectivity index (χ2v) is 7.77. The predicted octanol–water partition coefficient (Wildman–Crippen LogP) is 3.38. The zero-order valence-electron chi connectivity index (χ0n) is 18.1. The van der Waals surface area contributed by atoms with Crippen LogP contribution in [-0.4, -0.2) is 25.5 Å². The van der Waals surface area contributed by atoms with Crippen LogP contribution in [0.3, 0.4) is 0 Å². The van der Waals surface area contributed by atoms with Crippen molar-refractivity contribution in [3.8, 4) is 5.69 Å². The van der Waals surface area contributed by atoms with Crippen LogP contribution in [-0.2, 0) is 11.3 Å². The number of carbonyl (C=O) groups excluding carboxylic acids is 1. The first-order valence-corrected chi connectivity index (χ1v) is 10.2. The molecule has 7 heteroatoms. The van der Waals surface area contributed by atoms with Crippen molar-refractivity contribution in [3.63, 3.8) is 0 Å². The minimum absolute atomic E-state index is 0.261. The number of nitrogens with one attached hydrogen (secondary N) is 1. The molecule has 0 saturated heterocycles. The summed E-state index contributed by atoms with van der Waals surface area (Å²) in [5.41, 5.74) is 4.56. The molecule has 1 amide bonds. The molecule has 1 N–H and O–H groups in total. The Kier molecular flexibility index (Phi) is 5.42. The van der Waals surface area contributed by atoms with Gasteiger partial charge < -0.3 is 5.32 Å². The van der Waals surface area contributed by atoms with E-state index in [1.807, 2.05) is 68.4 Å². The van der Waals surface area contributed by atoms with E-state index in [1.54, 1.807) is 18.5 Å². The minimum atomic E-state index is -0.750. The number of carbonyl (C=O) groups is 1. The van der Waals surface area contributed by atoms with Crippen molar-refractivity contribution in [3.05, 3.63) is 87.5 Å². The van der Waals surface area contributed by atoms with Gasteiger partial charge in [-0.15, -0.1) is 0 Å². The van der Waals surface area contributed by atoms with Crippen LogP contribution in [0.15, 0.2) is 59.4 Å². The van der Waals surface area contributed by atoms with Crippen LogP contribution < -0.4 is 10.9 Å². The largest absolute Gasteiger partial charge is 0.350 e. The van der Waals surface area contributed by atoms with Crippen LogP contribution in [0.5, 0.6) is 0 Å². The Labute approximate surface area is 180 Å². The lowest BCUT2D eigenvalue weighted by Gasteiger charge is -2.15. The summed E-state index contributed by atoms with van der Waals surface area (Å²) in [7, 11) is 0. The summed E-state index contributed by atoms with van der Waals surface area (Å²) in [6.45, 7) is 7.74. The Hall–Kier alpha value is -3.74. The fourth-order valence-electron chi connectivity index (χ4n) is 3.73. The first-order valence-electron chi connectivity index (χ1n) is 10.2. The van der Waals surface area contributed by atoms with Crippen LogP contribution in [0, 0.1) is 20.8 Å².